The van der Waals surface area contributed by atoms with Crippen molar-refractivity contribution in [3.8, 4) is 0 Å². The van der Waals surface area contributed by atoms with Gasteiger partial charge in [-0.15, -0.1) is 0 Å². The first-order valence-corrected chi connectivity index (χ1v) is 5.75. The van der Waals surface area contributed by atoms with Crippen LogP contribution in [0.3, 0.4) is 0 Å². The average molecular weight is 198 g/mol. The highest BCUT2D eigenvalue weighted by molar-refractivity contribution is 7.90. The number of rotatable bonds is 3. The SMILES string of the molecule is CS(=O)(=O)c1ccc(C[CH]N)cc1. The molecule has 71 valence electrons. The van der Waals surface area contributed by atoms with Crippen molar-refractivity contribution >= 4 is 9.84 Å². The Balaban J connectivity index is 2.94. The molecule has 0 bridgehead atoms. The lowest BCUT2D eigenvalue weighted by Gasteiger charge is -2.00. The minimum Gasteiger partial charge on any atom is -0.326 e. The second kappa shape index (κ2) is 3.89. The van der Waals surface area contributed by atoms with Gasteiger partial charge in [0.15, 0.2) is 9.84 Å². The molecule has 0 aromatic heterocycles. The van der Waals surface area contributed by atoms with Crippen LogP contribution in [0.25, 0.3) is 0 Å². The van der Waals surface area contributed by atoms with E-state index in [1.54, 1.807) is 24.3 Å². The van der Waals surface area contributed by atoms with Crippen molar-refractivity contribution in [3.63, 3.8) is 0 Å². The molecule has 1 radical (unpaired) electrons. The molecule has 0 aliphatic rings. The van der Waals surface area contributed by atoms with Crippen molar-refractivity contribution in [2.75, 3.05) is 6.26 Å². The van der Waals surface area contributed by atoms with E-state index in [0.717, 1.165) is 5.56 Å². The van der Waals surface area contributed by atoms with Crippen molar-refractivity contribution in [2.24, 2.45) is 5.73 Å². The maximum Gasteiger partial charge on any atom is 0.175 e. The third-order valence-electron chi connectivity index (χ3n) is 1.71. The smallest absolute Gasteiger partial charge is 0.175 e. The summed E-state index contributed by atoms with van der Waals surface area (Å²) in [5, 5.41) is 0. The molecule has 0 saturated heterocycles. The first-order valence-electron chi connectivity index (χ1n) is 3.86. The van der Waals surface area contributed by atoms with Crippen LogP contribution in [-0.4, -0.2) is 14.7 Å². The van der Waals surface area contributed by atoms with Crippen molar-refractivity contribution < 1.29 is 8.42 Å². The summed E-state index contributed by atoms with van der Waals surface area (Å²) in [5.74, 6) is 0. The summed E-state index contributed by atoms with van der Waals surface area (Å²) < 4.78 is 22.1. The zero-order chi connectivity index (χ0) is 9.90. The van der Waals surface area contributed by atoms with E-state index in [-0.39, 0.29) is 0 Å². The first kappa shape index (κ1) is 10.2. The lowest BCUT2D eigenvalue weighted by molar-refractivity contribution is 0.602. The Morgan fingerprint density at radius 2 is 1.85 bits per heavy atom. The summed E-state index contributed by atoms with van der Waals surface area (Å²) in [6.07, 6.45) is 1.85. The average Bonchev–Trinajstić information content (AvgIpc) is 2.04. The third kappa shape index (κ3) is 2.82. The molecule has 4 heteroatoms. The maximum atomic E-state index is 11.1. The predicted molar refractivity (Wildman–Crippen MR) is 51.7 cm³/mol. The fraction of sp³-hybridized carbons (Fsp3) is 0.222. The van der Waals surface area contributed by atoms with Gasteiger partial charge in [-0.2, -0.15) is 0 Å². The van der Waals surface area contributed by atoms with Gasteiger partial charge in [-0.3, -0.25) is 0 Å². The zero-order valence-corrected chi connectivity index (χ0v) is 8.21. The Labute approximate surface area is 78.5 Å². The van der Waals surface area contributed by atoms with E-state index >= 15 is 0 Å². The van der Waals surface area contributed by atoms with Gasteiger partial charge in [0, 0.05) is 12.8 Å². The summed E-state index contributed by atoms with van der Waals surface area (Å²) in [6.45, 7) is 1.54. The van der Waals surface area contributed by atoms with Gasteiger partial charge in [-0.25, -0.2) is 8.42 Å². The number of sulfone groups is 1. The van der Waals surface area contributed by atoms with Gasteiger partial charge in [-0.05, 0) is 24.1 Å². The van der Waals surface area contributed by atoms with E-state index < -0.39 is 9.84 Å². The fourth-order valence-electron chi connectivity index (χ4n) is 1.01. The minimum absolute atomic E-state index is 0.341. The molecule has 0 amide bonds. The lowest BCUT2D eigenvalue weighted by Crippen LogP contribution is -1.98. The van der Waals surface area contributed by atoms with E-state index in [4.69, 9.17) is 5.73 Å². The standard InChI is InChI=1S/C9H12NO2S/c1-13(11,12)9-4-2-8(3-5-9)6-7-10/h2-5,7H,6,10H2,1H3. The van der Waals surface area contributed by atoms with Crippen molar-refractivity contribution in [1.29, 1.82) is 0 Å². The van der Waals surface area contributed by atoms with Crippen LogP contribution >= 0.6 is 0 Å². The summed E-state index contributed by atoms with van der Waals surface area (Å²) in [7, 11) is -3.08. The molecule has 1 aromatic carbocycles. The first-order chi connectivity index (χ1) is 6.04. The molecule has 0 aliphatic carbocycles. The summed E-state index contributed by atoms with van der Waals surface area (Å²) in [4.78, 5) is 0.341. The van der Waals surface area contributed by atoms with Crippen LogP contribution in [0.4, 0.5) is 0 Å². The Morgan fingerprint density at radius 3 is 2.23 bits per heavy atom. The van der Waals surface area contributed by atoms with Crippen molar-refractivity contribution in [3.05, 3.63) is 36.4 Å². The number of hydrogen-bond donors (Lipinski definition) is 1. The highest BCUT2D eigenvalue weighted by Gasteiger charge is 2.05. The van der Waals surface area contributed by atoms with Gasteiger partial charge in [-0.1, -0.05) is 12.1 Å². The number of hydrogen-bond acceptors (Lipinski definition) is 3. The Morgan fingerprint density at radius 1 is 1.31 bits per heavy atom. The third-order valence-corrected chi connectivity index (χ3v) is 2.83. The Bertz CT molecular complexity index is 367. The van der Waals surface area contributed by atoms with Crippen LogP contribution < -0.4 is 5.73 Å². The molecular formula is C9H12NO2S. The van der Waals surface area contributed by atoms with Gasteiger partial charge in [0.2, 0.25) is 0 Å². The molecule has 0 heterocycles. The second-order valence-corrected chi connectivity index (χ2v) is 4.87. The summed E-state index contributed by atoms with van der Waals surface area (Å²) in [5.41, 5.74) is 6.25. The van der Waals surface area contributed by atoms with Crippen LogP contribution in [0, 0.1) is 6.54 Å². The molecule has 0 spiro atoms. The van der Waals surface area contributed by atoms with Crippen LogP contribution in [0.2, 0.25) is 0 Å². The molecular weight excluding hydrogens is 186 g/mol. The number of benzene rings is 1. The van der Waals surface area contributed by atoms with Crippen molar-refractivity contribution in [1.82, 2.24) is 0 Å². The number of nitrogens with two attached hydrogens (primary N) is 1. The Kier molecular flexibility index (Phi) is 3.06. The molecule has 2 N–H and O–H groups in total. The fourth-order valence-corrected chi connectivity index (χ4v) is 1.64. The van der Waals surface area contributed by atoms with E-state index in [9.17, 15) is 8.42 Å². The van der Waals surface area contributed by atoms with Crippen LogP contribution in [0.1, 0.15) is 5.56 Å². The Hall–Kier alpha value is -0.870. The van der Waals surface area contributed by atoms with Crippen LogP contribution in [0.5, 0.6) is 0 Å². The van der Waals surface area contributed by atoms with Gasteiger partial charge < -0.3 is 5.73 Å². The van der Waals surface area contributed by atoms with E-state index in [1.807, 2.05) is 0 Å². The maximum absolute atomic E-state index is 11.1. The zero-order valence-electron chi connectivity index (χ0n) is 7.40. The van der Waals surface area contributed by atoms with Crippen LogP contribution in [-0.2, 0) is 16.3 Å². The quantitative estimate of drug-likeness (QED) is 0.779. The van der Waals surface area contributed by atoms with E-state index in [1.165, 1.54) is 12.8 Å². The lowest BCUT2D eigenvalue weighted by atomic mass is 10.2. The normalized spacial score (nSPS) is 11.5. The molecule has 0 aliphatic heterocycles. The molecule has 0 fully saturated rings. The van der Waals surface area contributed by atoms with Crippen LogP contribution in [0.15, 0.2) is 29.2 Å². The largest absolute Gasteiger partial charge is 0.326 e. The van der Waals surface area contributed by atoms with E-state index in [0.29, 0.717) is 11.3 Å². The summed E-state index contributed by atoms with van der Waals surface area (Å²) in [6, 6.07) is 6.71. The summed E-state index contributed by atoms with van der Waals surface area (Å²) >= 11 is 0. The monoisotopic (exact) mass is 198 g/mol. The molecule has 3 nitrogen and oxygen atoms in total. The van der Waals surface area contributed by atoms with Gasteiger partial charge in [0.25, 0.3) is 0 Å². The highest BCUT2D eigenvalue weighted by Crippen LogP contribution is 2.10. The van der Waals surface area contributed by atoms with Gasteiger partial charge >= 0.3 is 0 Å². The topological polar surface area (TPSA) is 60.2 Å². The highest BCUT2D eigenvalue weighted by atomic mass is 32.2. The van der Waals surface area contributed by atoms with E-state index in [2.05, 4.69) is 0 Å². The molecule has 1 rings (SSSR count). The molecule has 0 unspecified atom stereocenters. The van der Waals surface area contributed by atoms with Crippen molar-refractivity contribution in [2.45, 2.75) is 11.3 Å². The van der Waals surface area contributed by atoms with Gasteiger partial charge in [0.05, 0.1) is 4.90 Å². The minimum atomic E-state index is -3.08. The predicted octanol–water partition coefficient (Wildman–Crippen LogP) is 0.753. The molecule has 0 saturated carbocycles. The molecule has 0 atom stereocenters. The second-order valence-electron chi connectivity index (χ2n) is 2.86. The molecule has 13 heavy (non-hydrogen) atoms. The molecule has 1 aromatic rings. The van der Waals surface area contributed by atoms with Gasteiger partial charge in [0.1, 0.15) is 0 Å².